The SMILES string of the molecule is Fc1ccc(CCCCc2c(F)cccc2C(F)(F)F)cc1C(F)(F)F. The van der Waals surface area contributed by atoms with Gasteiger partial charge in [0, 0.05) is 0 Å². The number of halogens is 8. The lowest BCUT2D eigenvalue weighted by Gasteiger charge is -2.13. The molecule has 0 radical (unpaired) electrons. The summed E-state index contributed by atoms with van der Waals surface area (Å²) < 4.78 is 104. The van der Waals surface area contributed by atoms with E-state index in [-0.39, 0.29) is 31.2 Å². The normalized spacial score (nSPS) is 12.5. The third kappa shape index (κ3) is 4.95. The number of aryl methyl sites for hydroxylation is 1. The van der Waals surface area contributed by atoms with Gasteiger partial charge in [-0.2, -0.15) is 26.3 Å². The molecule has 0 N–H and O–H groups in total. The summed E-state index contributed by atoms with van der Waals surface area (Å²) in [6, 6.07) is 5.26. The molecule has 0 bridgehead atoms. The van der Waals surface area contributed by atoms with Crippen molar-refractivity contribution in [2.75, 3.05) is 0 Å². The van der Waals surface area contributed by atoms with E-state index in [4.69, 9.17) is 0 Å². The van der Waals surface area contributed by atoms with Crippen LogP contribution in [0.5, 0.6) is 0 Å². The van der Waals surface area contributed by atoms with Crippen molar-refractivity contribution in [3.63, 3.8) is 0 Å². The zero-order valence-electron chi connectivity index (χ0n) is 13.3. The third-order valence-electron chi connectivity index (χ3n) is 3.90. The lowest BCUT2D eigenvalue weighted by atomic mass is 9.98. The van der Waals surface area contributed by atoms with E-state index >= 15 is 0 Å². The summed E-state index contributed by atoms with van der Waals surface area (Å²) in [5, 5.41) is 0. The molecule has 26 heavy (non-hydrogen) atoms. The highest BCUT2D eigenvalue weighted by Gasteiger charge is 2.35. The predicted octanol–water partition coefficient (Wildman–Crippen LogP) is 6.57. The van der Waals surface area contributed by atoms with Crippen molar-refractivity contribution in [3.05, 3.63) is 70.3 Å². The average Bonchev–Trinajstić information content (AvgIpc) is 2.52. The van der Waals surface area contributed by atoms with Crippen LogP contribution in [0.4, 0.5) is 35.1 Å². The number of alkyl halides is 6. The quantitative estimate of drug-likeness (QED) is 0.405. The third-order valence-corrected chi connectivity index (χ3v) is 3.90. The van der Waals surface area contributed by atoms with Gasteiger partial charge in [-0.25, -0.2) is 8.78 Å². The monoisotopic (exact) mass is 382 g/mol. The Morgan fingerprint density at radius 3 is 1.88 bits per heavy atom. The van der Waals surface area contributed by atoms with Crippen LogP contribution >= 0.6 is 0 Å². The molecule has 0 nitrogen and oxygen atoms in total. The summed E-state index contributed by atoms with van der Waals surface area (Å²) in [5.41, 5.74) is -2.69. The van der Waals surface area contributed by atoms with Crippen LogP contribution in [0.2, 0.25) is 0 Å². The predicted molar refractivity (Wildman–Crippen MR) is 79.4 cm³/mol. The largest absolute Gasteiger partial charge is 0.419 e. The summed E-state index contributed by atoms with van der Waals surface area (Å²) in [5.74, 6) is -2.36. The van der Waals surface area contributed by atoms with Crippen LogP contribution in [0.1, 0.15) is 35.1 Å². The molecule has 0 aliphatic carbocycles. The van der Waals surface area contributed by atoms with Crippen LogP contribution in [0, 0.1) is 11.6 Å². The van der Waals surface area contributed by atoms with E-state index in [1.807, 2.05) is 0 Å². The second-order valence-corrected chi connectivity index (χ2v) is 5.78. The molecule has 0 fully saturated rings. The standard InChI is InChI=1S/C18H14F8/c19-15-7-3-6-13(17(21,22)23)12(15)5-2-1-4-11-8-9-16(20)14(10-11)18(24,25)26/h3,6-10H,1-2,4-5H2. The maximum Gasteiger partial charge on any atom is 0.419 e. The molecule has 0 atom stereocenters. The molecule has 2 aromatic rings. The maximum atomic E-state index is 13.7. The smallest absolute Gasteiger partial charge is 0.207 e. The van der Waals surface area contributed by atoms with E-state index < -0.39 is 40.7 Å². The topological polar surface area (TPSA) is 0 Å². The van der Waals surface area contributed by atoms with Crippen molar-refractivity contribution in [3.8, 4) is 0 Å². The molecule has 142 valence electrons. The minimum Gasteiger partial charge on any atom is -0.207 e. The minimum atomic E-state index is -4.82. The molecule has 0 aliphatic heterocycles. The second-order valence-electron chi connectivity index (χ2n) is 5.78. The number of benzene rings is 2. The molecule has 0 spiro atoms. The summed E-state index contributed by atoms with van der Waals surface area (Å²) in [4.78, 5) is 0. The Kier molecular flexibility index (Phi) is 5.93. The van der Waals surface area contributed by atoms with E-state index in [0.717, 1.165) is 18.2 Å². The highest BCUT2D eigenvalue weighted by atomic mass is 19.4. The zero-order valence-corrected chi connectivity index (χ0v) is 13.3. The van der Waals surface area contributed by atoms with Gasteiger partial charge >= 0.3 is 12.4 Å². The van der Waals surface area contributed by atoms with Crippen molar-refractivity contribution in [2.45, 2.75) is 38.0 Å². The molecule has 0 heterocycles. The molecule has 0 saturated heterocycles. The van der Waals surface area contributed by atoms with Crippen LogP contribution in [-0.4, -0.2) is 0 Å². The van der Waals surface area contributed by atoms with E-state index in [1.165, 1.54) is 6.07 Å². The van der Waals surface area contributed by atoms with E-state index in [2.05, 4.69) is 0 Å². The summed E-state index contributed by atoms with van der Waals surface area (Å²) in [6.07, 6.45) is -9.23. The van der Waals surface area contributed by atoms with Gasteiger partial charge in [-0.05, 0) is 61.1 Å². The Hall–Kier alpha value is -2.12. The van der Waals surface area contributed by atoms with Crippen molar-refractivity contribution >= 4 is 0 Å². The fourth-order valence-electron chi connectivity index (χ4n) is 2.65. The van der Waals surface area contributed by atoms with E-state index in [0.29, 0.717) is 12.1 Å². The molecule has 2 aromatic carbocycles. The van der Waals surface area contributed by atoms with E-state index in [1.54, 1.807) is 0 Å². The van der Waals surface area contributed by atoms with Gasteiger partial charge < -0.3 is 0 Å². The van der Waals surface area contributed by atoms with Gasteiger partial charge in [0.25, 0.3) is 0 Å². The maximum absolute atomic E-state index is 13.7. The van der Waals surface area contributed by atoms with Gasteiger partial charge in [0.1, 0.15) is 11.6 Å². The number of rotatable bonds is 5. The Balaban J connectivity index is 2.03. The van der Waals surface area contributed by atoms with Crippen molar-refractivity contribution < 1.29 is 35.1 Å². The molecule has 0 saturated carbocycles. The molecule has 8 heteroatoms. The Morgan fingerprint density at radius 2 is 1.27 bits per heavy atom. The Morgan fingerprint density at radius 1 is 0.654 bits per heavy atom. The van der Waals surface area contributed by atoms with Gasteiger partial charge in [0.05, 0.1) is 11.1 Å². The first-order valence-corrected chi connectivity index (χ1v) is 7.70. The first kappa shape index (κ1) is 20.2. The Bertz CT molecular complexity index is 759. The fourth-order valence-corrected chi connectivity index (χ4v) is 2.65. The van der Waals surface area contributed by atoms with Crippen LogP contribution in [0.3, 0.4) is 0 Å². The lowest BCUT2D eigenvalue weighted by Crippen LogP contribution is -2.11. The molecule has 0 aliphatic rings. The van der Waals surface area contributed by atoms with Crippen molar-refractivity contribution in [1.82, 2.24) is 0 Å². The average molecular weight is 382 g/mol. The second kappa shape index (κ2) is 7.63. The molecular formula is C18H14F8. The molecule has 0 unspecified atom stereocenters. The van der Waals surface area contributed by atoms with Crippen LogP contribution in [-0.2, 0) is 25.2 Å². The minimum absolute atomic E-state index is 0.110. The highest BCUT2D eigenvalue weighted by molar-refractivity contribution is 5.31. The first-order valence-electron chi connectivity index (χ1n) is 7.70. The summed E-state index contributed by atoms with van der Waals surface area (Å²) in [6.45, 7) is 0. The number of hydrogen-bond acceptors (Lipinski definition) is 0. The van der Waals surface area contributed by atoms with Gasteiger partial charge in [-0.3, -0.25) is 0 Å². The lowest BCUT2D eigenvalue weighted by molar-refractivity contribution is -0.140. The van der Waals surface area contributed by atoms with Crippen LogP contribution in [0.15, 0.2) is 36.4 Å². The molecular weight excluding hydrogens is 368 g/mol. The zero-order chi connectivity index (χ0) is 19.5. The molecule has 2 rings (SSSR count). The van der Waals surface area contributed by atoms with Crippen molar-refractivity contribution in [2.24, 2.45) is 0 Å². The number of unbranched alkanes of at least 4 members (excludes halogenated alkanes) is 1. The summed E-state index contributed by atoms with van der Waals surface area (Å²) in [7, 11) is 0. The van der Waals surface area contributed by atoms with Gasteiger partial charge in [-0.1, -0.05) is 12.1 Å². The van der Waals surface area contributed by atoms with Crippen LogP contribution in [0.25, 0.3) is 0 Å². The van der Waals surface area contributed by atoms with Crippen LogP contribution < -0.4 is 0 Å². The van der Waals surface area contributed by atoms with Crippen molar-refractivity contribution in [1.29, 1.82) is 0 Å². The molecule has 0 aromatic heterocycles. The molecule has 0 amide bonds. The highest BCUT2D eigenvalue weighted by Crippen LogP contribution is 2.34. The Labute approximate surface area is 144 Å². The number of hydrogen-bond donors (Lipinski definition) is 0. The summed E-state index contributed by atoms with van der Waals surface area (Å²) >= 11 is 0. The van der Waals surface area contributed by atoms with Gasteiger partial charge in [0.2, 0.25) is 0 Å². The fraction of sp³-hybridized carbons (Fsp3) is 0.333. The van der Waals surface area contributed by atoms with Gasteiger partial charge in [-0.15, -0.1) is 0 Å². The van der Waals surface area contributed by atoms with E-state index in [9.17, 15) is 35.1 Å². The first-order chi connectivity index (χ1) is 12.0. The van der Waals surface area contributed by atoms with Gasteiger partial charge in [0.15, 0.2) is 0 Å².